The van der Waals surface area contributed by atoms with Gasteiger partial charge < -0.3 is 5.32 Å². The Kier molecular flexibility index (Phi) is 6.25. The summed E-state index contributed by atoms with van der Waals surface area (Å²) in [6.07, 6.45) is 1.54. The lowest BCUT2D eigenvalue weighted by atomic mass is 10.1. The first-order chi connectivity index (χ1) is 8.50. The van der Waals surface area contributed by atoms with E-state index >= 15 is 0 Å². The number of aryl methyl sites for hydroxylation is 1. The molecule has 6 heteroatoms. The monoisotopic (exact) mass is 290 g/mol. The molecule has 1 aromatic heterocycles. The number of thiazole rings is 1. The summed E-state index contributed by atoms with van der Waals surface area (Å²) in [5, 5.41) is 3.41. The van der Waals surface area contributed by atoms with Crippen molar-refractivity contribution in [1.82, 2.24) is 10.3 Å². The molecule has 0 aliphatic carbocycles. The van der Waals surface area contributed by atoms with Crippen molar-refractivity contribution in [3.8, 4) is 0 Å². The smallest absolute Gasteiger partial charge is 0.150 e. The van der Waals surface area contributed by atoms with Crippen molar-refractivity contribution in [2.75, 3.05) is 18.1 Å². The number of rotatable bonds is 8. The minimum atomic E-state index is -2.85. The van der Waals surface area contributed by atoms with Crippen LogP contribution in [-0.2, 0) is 9.84 Å². The van der Waals surface area contributed by atoms with Gasteiger partial charge in [0, 0.05) is 16.7 Å². The van der Waals surface area contributed by atoms with Gasteiger partial charge in [-0.2, -0.15) is 0 Å². The molecule has 0 saturated carbocycles. The second-order valence-electron chi connectivity index (χ2n) is 4.29. The number of nitrogens with zero attached hydrogens (tertiary/aromatic N) is 1. The first kappa shape index (κ1) is 15.6. The predicted octanol–water partition coefficient (Wildman–Crippen LogP) is 2.32. The largest absolute Gasteiger partial charge is 0.309 e. The molecule has 104 valence electrons. The minimum absolute atomic E-state index is 0.231. The van der Waals surface area contributed by atoms with Gasteiger partial charge in [-0.3, -0.25) is 0 Å². The molecule has 1 aromatic rings. The van der Waals surface area contributed by atoms with Crippen LogP contribution >= 0.6 is 11.3 Å². The van der Waals surface area contributed by atoms with Gasteiger partial charge >= 0.3 is 0 Å². The molecule has 1 rings (SSSR count). The second kappa shape index (κ2) is 7.21. The fourth-order valence-corrected chi connectivity index (χ4v) is 3.68. The molecule has 18 heavy (non-hydrogen) atoms. The topological polar surface area (TPSA) is 59.1 Å². The van der Waals surface area contributed by atoms with Crippen LogP contribution in [0.15, 0.2) is 5.51 Å². The molecule has 0 radical (unpaired) electrons. The van der Waals surface area contributed by atoms with E-state index in [4.69, 9.17) is 0 Å². The Hall–Kier alpha value is -0.460. The third-order valence-corrected chi connectivity index (χ3v) is 5.77. The van der Waals surface area contributed by atoms with E-state index in [2.05, 4.69) is 17.2 Å². The molecule has 0 fully saturated rings. The van der Waals surface area contributed by atoms with E-state index in [1.54, 1.807) is 18.3 Å². The van der Waals surface area contributed by atoms with E-state index < -0.39 is 9.84 Å². The summed E-state index contributed by atoms with van der Waals surface area (Å²) in [4.78, 5) is 5.48. The SMILES string of the molecule is CCNC(CCCS(=O)(=O)CC)c1scnc1C. The normalized spacial score (nSPS) is 13.7. The van der Waals surface area contributed by atoms with E-state index in [0.717, 1.165) is 18.7 Å². The van der Waals surface area contributed by atoms with Crippen LogP contribution in [0.4, 0.5) is 0 Å². The third-order valence-electron chi connectivity index (χ3n) is 2.94. The zero-order valence-electron chi connectivity index (χ0n) is 11.3. The van der Waals surface area contributed by atoms with E-state index in [1.807, 2.05) is 12.4 Å². The van der Waals surface area contributed by atoms with Crippen LogP contribution in [0.2, 0.25) is 0 Å². The molecular weight excluding hydrogens is 268 g/mol. The Labute approximate surface area is 114 Å². The van der Waals surface area contributed by atoms with E-state index in [-0.39, 0.29) is 17.5 Å². The summed E-state index contributed by atoms with van der Waals surface area (Å²) in [6, 6.07) is 0.231. The van der Waals surface area contributed by atoms with E-state index in [1.165, 1.54) is 4.88 Å². The minimum Gasteiger partial charge on any atom is -0.309 e. The van der Waals surface area contributed by atoms with Gasteiger partial charge in [-0.05, 0) is 26.3 Å². The Balaban J connectivity index is 2.57. The highest BCUT2D eigenvalue weighted by Gasteiger charge is 2.16. The molecule has 0 bridgehead atoms. The maximum Gasteiger partial charge on any atom is 0.150 e. The van der Waals surface area contributed by atoms with Crippen molar-refractivity contribution in [1.29, 1.82) is 0 Å². The molecular formula is C12H22N2O2S2. The van der Waals surface area contributed by atoms with Crippen LogP contribution in [0.1, 0.15) is 43.3 Å². The fourth-order valence-electron chi connectivity index (χ4n) is 1.87. The maximum atomic E-state index is 11.5. The van der Waals surface area contributed by atoms with Crippen molar-refractivity contribution in [3.05, 3.63) is 16.1 Å². The predicted molar refractivity (Wildman–Crippen MR) is 76.8 cm³/mol. The highest BCUT2D eigenvalue weighted by atomic mass is 32.2. The number of hydrogen-bond acceptors (Lipinski definition) is 5. The van der Waals surface area contributed by atoms with E-state index in [0.29, 0.717) is 6.42 Å². The first-order valence-electron chi connectivity index (χ1n) is 6.34. The van der Waals surface area contributed by atoms with Gasteiger partial charge in [-0.15, -0.1) is 11.3 Å². The van der Waals surface area contributed by atoms with Crippen molar-refractivity contribution in [2.24, 2.45) is 0 Å². The van der Waals surface area contributed by atoms with Gasteiger partial charge in [-0.1, -0.05) is 13.8 Å². The Morgan fingerprint density at radius 1 is 1.44 bits per heavy atom. The quantitative estimate of drug-likeness (QED) is 0.798. The molecule has 0 saturated heterocycles. The second-order valence-corrected chi connectivity index (χ2v) is 7.65. The lowest BCUT2D eigenvalue weighted by Crippen LogP contribution is -2.21. The summed E-state index contributed by atoms with van der Waals surface area (Å²) in [7, 11) is -2.85. The summed E-state index contributed by atoms with van der Waals surface area (Å²) in [6.45, 7) is 6.64. The lowest BCUT2D eigenvalue weighted by Gasteiger charge is -2.16. The van der Waals surface area contributed by atoms with Crippen LogP contribution < -0.4 is 5.32 Å². The standard InChI is InChI=1S/C12H22N2O2S2/c1-4-13-11(12-10(3)14-9-17-12)7-6-8-18(15,16)5-2/h9,11,13H,4-8H2,1-3H3. The number of sulfone groups is 1. The molecule has 1 N–H and O–H groups in total. The molecule has 0 aromatic carbocycles. The van der Waals surface area contributed by atoms with Gasteiger partial charge in [0.05, 0.1) is 17.0 Å². The Morgan fingerprint density at radius 2 is 2.17 bits per heavy atom. The first-order valence-corrected chi connectivity index (χ1v) is 9.04. The lowest BCUT2D eigenvalue weighted by molar-refractivity contribution is 0.511. The van der Waals surface area contributed by atoms with Gasteiger partial charge in [0.25, 0.3) is 0 Å². The van der Waals surface area contributed by atoms with Crippen molar-refractivity contribution >= 4 is 21.2 Å². The van der Waals surface area contributed by atoms with Crippen LogP contribution in [0, 0.1) is 6.92 Å². The summed E-state index contributed by atoms with van der Waals surface area (Å²) < 4.78 is 22.9. The zero-order valence-corrected chi connectivity index (χ0v) is 12.9. The molecule has 0 aliphatic rings. The van der Waals surface area contributed by atoms with Gasteiger partial charge in [0.2, 0.25) is 0 Å². The molecule has 1 heterocycles. The Morgan fingerprint density at radius 3 is 2.67 bits per heavy atom. The highest BCUT2D eigenvalue weighted by molar-refractivity contribution is 7.91. The highest BCUT2D eigenvalue weighted by Crippen LogP contribution is 2.25. The van der Waals surface area contributed by atoms with Crippen LogP contribution in [0.5, 0.6) is 0 Å². The average Bonchev–Trinajstić information content (AvgIpc) is 2.74. The van der Waals surface area contributed by atoms with E-state index in [9.17, 15) is 8.42 Å². The number of nitrogens with one attached hydrogen (secondary N) is 1. The third kappa shape index (κ3) is 4.66. The molecule has 0 aliphatic heterocycles. The van der Waals surface area contributed by atoms with Crippen LogP contribution in [0.3, 0.4) is 0 Å². The van der Waals surface area contributed by atoms with Crippen molar-refractivity contribution in [3.63, 3.8) is 0 Å². The van der Waals surface area contributed by atoms with Gasteiger partial charge in [-0.25, -0.2) is 13.4 Å². The number of hydrogen-bond donors (Lipinski definition) is 1. The average molecular weight is 290 g/mol. The Bertz CT molecular complexity index is 454. The van der Waals surface area contributed by atoms with Crippen LogP contribution in [0.25, 0.3) is 0 Å². The summed E-state index contributed by atoms with van der Waals surface area (Å²) in [5.74, 6) is 0.516. The zero-order chi connectivity index (χ0) is 13.6. The molecule has 4 nitrogen and oxygen atoms in total. The molecule has 1 unspecified atom stereocenters. The molecule has 1 atom stereocenters. The summed E-state index contributed by atoms with van der Waals surface area (Å²) >= 11 is 1.64. The molecule has 0 amide bonds. The summed E-state index contributed by atoms with van der Waals surface area (Å²) in [5.41, 5.74) is 2.89. The van der Waals surface area contributed by atoms with Gasteiger partial charge in [0.15, 0.2) is 0 Å². The van der Waals surface area contributed by atoms with Crippen molar-refractivity contribution < 1.29 is 8.42 Å². The number of aromatic nitrogens is 1. The van der Waals surface area contributed by atoms with Crippen molar-refractivity contribution in [2.45, 2.75) is 39.7 Å². The fraction of sp³-hybridized carbons (Fsp3) is 0.750. The maximum absolute atomic E-state index is 11.5. The van der Waals surface area contributed by atoms with Crippen LogP contribution in [-0.4, -0.2) is 31.5 Å². The molecule has 0 spiro atoms. The van der Waals surface area contributed by atoms with Gasteiger partial charge in [0.1, 0.15) is 9.84 Å².